The van der Waals surface area contributed by atoms with Gasteiger partial charge >= 0.3 is 6.09 Å². The van der Waals surface area contributed by atoms with Crippen molar-refractivity contribution in [3.8, 4) is 0 Å². The molecule has 0 atom stereocenters. The number of nitrogens with zero attached hydrogens (tertiary/aromatic N) is 1. The van der Waals surface area contributed by atoms with E-state index >= 15 is 0 Å². The van der Waals surface area contributed by atoms with Crippen LogP contribution in [0.25, 0.3) is 0 Å². The molecule has 0 saturated carbocycles. The average molecular weight is 348 g/mol. The topological polar surface area (TPSA) is 74.8 Å². The molecule has 1 aromatic rings. The number of aliphatic imine (C=N–C) groups is 1. The third kappa shape index (κ3) is 11.0. The van der Waals surface area contributed by atoms with Gasteiger partial charge in [0.1, 0.15) is 5.60 Å². The van der Waals surface area contributed by atoms with Crippen LogP contribution in [-0.2, 0) is 11.2 Å². The lowest BCUT2D eigenvalue weighted by atomic mass is 10.1. The molecule has 0 heterocycles. The maximum atomic E-state index is 11.5. The first kappa shape index (κ1) is 20.8. The maximum Gasteiger partial charge on any atom is 0.407 e. The Morgan fingerprint density at radius 2 is 1.80 bits per heavy atom. The predicted molar refractivity (Wildman–Crippen MR) is 103 cm³/mol. The minimum atomic E-state index is -0.469. The summed E-state index contributed by atoms with van der Waals surface area (Å²) in [5, 5.41) is 9.29. The predicted octanol–water partition coefficient (Wildman–Crippen LogP) is 2.70. The van der Waals surface area contributed by atoms with E-state index in [0.29, 0.717) is 13.1 Å². The van der Waals surface area contributed by atoms with Gasteiger partial charge in [-0.05, 0) is 46.1 Å². The molecule has 6 heteroatoms. The van der Waals surface area contributed by atoms with Crippen molar-refractivity contribution in [3.05, 3.63) is 35.9 Å². The van der Waals surface area contributed by atoms with Gasteiger partial charge in [0, 0.05) is 26.2 Å². The normalized spacial score (nSPS) is 11.8. The van der Waals surface area contributed by atoms with Crippen LogP contribution in [0.5, 0.6) is 0 Å². The molecule has 0 aliphatic rings. The fraction of sp³-hybridized carbons (Fsp3) is 0.579. The summed E-state index contributed by atoms with van der Waals surface area (Å²) in [6, 6.07) is 10.4. The van der Waals surface area contributed by atoms with E-state index in [2.05, 4.69) is 33.1 Å². The lowest BCUT2D eigenvalue weighted by Crippen LogP contribution is -2.38. The van der Waals surface area contributed by atoms with Crippen molar-refractivity contribution < 1.29 is 9.53 Å². The Morgan fingerprint density at radius 3 is 2.44 bits per heavy atom. The van der Waals surface area contributed by atoms with E-state index in [0.717, 1.165) is 31.9 Å². The number of guanidine groups is 1. The monoisotopic (exact) mass is 348 g/mol. The van der Waals surface area contributed by atoms with Gasteiger partial charge in [-0.25, -0.2) is 4.79 Å². The molecule has 6 nitrogen and oxygen atoms in total. The number of alkyl carbamates (subject to hydrolysis) is 1. The molecular weight excluding hydrogens is 316 g/mol. The summed E-state index contributed by atoms with van der Waals surface area (Å²) in [7, 11) is 0. The quantitative estimate of drug-likeness (QED) is 0.384. The molecule has 0 fully saturated rings. The Labute approximate surface area is 151 Å². The number of carbonyl (C=O) groups excluding carboxylic acids is 1. The molecule has 0 saturated heterocycles. The van der Waals surface area contributed by atoms with Gasteiger partial charge in [0.2, 0.25) is 0 Å². The number of carbonyl (C=O) groups is 1. The zero-order chi connectivity index (χ0) is 18.5. The van der Waals surface area contributed by atoms with Crippen molar-refractivity contribution >= 4 is 12.1 Å². The van der Waals surface area contributed by atoms with Gasteiger partial charge in [-0.15, -0.1) is 0 Å². The first-order valence-electron chi connectivity index (χ1n) is 8.93. The standard InChI is InChI=1S/C19H32N4O2/c1-5-20-17(22-15-12-16-10-7-6-8-11-16)21-13-9-14-23-18(24)25-19(2,3)4/h6-8,10-11H,5,9,12-15H2,1-4H3,(H,23,24)(H2,20,21,22). The number of rotatable bonds is 8. The van der Waals surface area contributed by atoms with E-state index in [1.807, 2.05) is 45.9 Å². The van der Waals surface area contributed by atoms with Gasteiger partial charge in [-0.2, -0.15) is 0 Å². The van der Waals surface area contributed by atoms with E-state index in [1.165, 1.54) is 5.56 Å². The number of nitrogens with one attached hydrogen (secondary N) is 3. The second-order valence-electron chi connectivity index (χ2n) is 6.71. The second kappa shape index (κ2) is 11.3. The molecule has 25 heavy (non-hydrogen) atoms. The molecule has 140 valence electrons. The van der Waals surface area contributed by atoms with E-state index < -0.39 is 5.60 Å². The third-order valence-corrected chi connectivity index (χ3v) is 3.17. The zero-order valence-electron chi connectivity index (χ0n) is 15.9. The smallest absolute Gasteiger partial charge is 0.407 e. The number of hydrogen-bond donors (Lipinski definition) is 3. The Balaban J connectivity index is 2.24. The number of benzene rings is 1. The Kier molecular flexibility index (Phi) is 9.43. The highest BCUT2D eigenvalue weighted by molar-refractivity contribution is 5.79. The summed E-state index contributed by atoms with van der Waals surface area (Å²) >= 11 is 0. The molecule has 0 aliphatic heterocycles. The highest BCUT2D eigenvalue weighted by Gasteiger charge is 2.15. The Hall–Kier alpha value is -2.24. The number of amides is 1. The van der Waals surface area contributed by atoms with E-state index in [1.54, 1.807) is 0 Å². The van der Waals surface area contributed by atoms with Crippen LogP contribution < -0.4 is 16.0 Å². The van der Waals surface area contributed by atoms with Crippen LogP contribution in [0.15, 0.2) is 35.3 Å². The summed E-state index contributed by atoms with van der Waals surface area (Å²) in [5.74, 6) is 0.802. The molecule has 1 rings (SSSR count). The van der Waals surface area contributed by atoms with Crippen LogP contribution in [-0.4, -0.2) is 43.8 Å². The maximum absolute atomic E-state index is 11.5. The average Bonchev–Trinajstić information content (AvgIpc) is 2.54. The summed E-state index contributed by atoms with van der Waals surface area (Å²) in [4.78, 5) is 16.1. The van der Waals surface area contributed by atoms with Crippen molar-refractivity contribution in [2.24, 2.45) is 4.99 Å². The molecule has 3 N–H and O–H groups in total. The minimum Gasteiger partial charge on any atom is -0.444 e. The highest BCUT2D eigenvalue weighted by Crippen LogP contribution is 2.06. The van der Waals surface area contributed by atoms with Crippen LogP contribution >= 0.6 is 0 Å². The van der Waals surface area contributed by atoms with Gasteiger partial charge in [-0.3, -0.25) is 4.99 Å². The van der Waals surface area contributed by atoms with Crippen LogP contribution in [0.1, 0.15) is 39.7 Å². The molecule has 0 aliphatic carbocycles. The number of hydrogen-bond acceptors (Lipinski definition) is 3. The molecule has 0 unspecified atom stereocenters. The molecular formula is C19H32N4O2. The largest absolute Gasteiger partial charge is 0.444 e. The molecule has 1 aromatic carbocycles. The van der Waals surface area contributed by atoms with Crippen LogP contribution in [0.2, 0.25) is 0 Å². The first-order valence-corrected chi connectivity index (χ1v) is 8.93. The second-order valence-corrected chi connectivity index (χ2v) is 6.71. The summed E-state index contributed by atoms with van der Waals surface area (Å²) in [6.45, 7) is 10.4. The summed E-state index contributed by atoms with van der Waals surface area (Å²) < 4.78 is 5.19. The van der Waals surface area contributed by atoms with Gasteiger partial charge in [0.25, 0.3) is 0 Å². The van der Waals surface area contributed by atoms with E-state index in [9.17, 15) is 4.79 Å². The van der Waals surface area contributed by atoms with Crippen LogP contribution in [0.4, 0.5) is 4.79 Å². The first-order chi connectivity index (χ1) is 11.9. The summed E-state index contributed by atoms with van der Waals surface area (Å²) in [6.07, 6.45) is 1.32. The van der Waals surface area contributed by atoms with Crippen molar-refractivity contribution in [3.63, 3.8) is 0 Å². The highest BCUT2D eigenvalue weighted by atomic mass is 16.6. The van der Waals surface area contributed by atoms with E-state index in [4.69, 9.17) is 4.74 Å². The van der Waals surface area contributed by atoms with Crippen LogP contribution in [0.3, 0.4) is 0 Å². The Morgan fingerprint density at radius 1 is 1.08 bits per heavy atom. The van der Waals surface area contributed by atoms with E-state index in [-0.39, 0.29) is 6.09 Å². The molecule has 0 aromatic heterocycles. The molecule has 1 amide bonds. The van der Waals surface area contributed by atoms with Crippen molar-refractivity contribution in [1.82, 2.24) is 16.0 Å². The lowest BCUT2D eigenvalue weighted by molar-refractivity contribution is 0.0527. The summed E-state index contributed by atoms with van der Waals surface area (Å²) in [5.41, 5.74) is 0.829. The third-order valence-electron chi connectivity index (χ3n) is 3.17. The van der Waals surface area contributed by atoms with Gasteiger partial charge in [-0.1, -0.05) is 30.3 Å². The van der Waals surface area contributed by atoms with Gasteiger partial charge in [0.05, 0.1) is 0 Å². The van der Waals surface area contributed by atoms with Crippen molar-refractivity contribution in [2.45, 2.75) is 46.1 Å². The number of ether oxygens (including phenoxy) is 1. The Bertz CT molecular complexity index is 524. The van der Waals surface area contributed by atoms with Crippen molar-refractivity contribution in [2.75, 3.05) is 26.2 Å². The molecule has 0 radical (unpaired) electrons. The zero-order valence-corrected chi connectivity index (χ0v) is 15.9. The van der Waals surface area contributed by atoms with Gasteiger partial charge in [0.15, 0.2) is 5.96 Å². The van der Waals surface area contributed by atoms with Crippen molar-refractivity contribution in [1.29, 1.82) is 0 Å². The molecule has 0 bridgehead atoms. The van der Waals surface area contributed by atoms with Crippen LogP contribution in [0, 0.1) is 0 Å². The fourth-order valence-corrected chi connectivity index (χ4v) is 2.09. The minimum absolute atomic E-state index is 0.385. The lowest BCUT2D eigenvalue weighted by Gasteiger charge is -2.19. The SMILES string of the molecule is CCNC(=NCCCNC(=O)OC(C)(C)C)NCCc1ccccc1. The fourth-order valence-electron chi connectivity index (χ4n) is 2.09. The van der Waals surface area contributed by atoms with Gasteiger partial charge < -0.3 is 20.7 Å². The molecule has 0 spiro atoms.